The number of amides is 4. The van der Waals surface area contributed by atoms with Crippen molar-refractivity contribution in [1.82, 2.24) is 35.3 Å². The van der Waals surface area contributed by atoms with Crippen LogP contribution in [0.3, 0.4) is 0 Å². The normalized spacial score (nSPS) is 17.0. The van der Waals surface area contributed by atoms with Gasteiger partial charge in [0.1, 0.15) is 12.6 Å². The molecule has 2 atom stereocenters. The van der Waals surface area contributed by atoms with Crippen LogP contribution >= 0.6 is 0 Å². The number of likely N-dealkylation sites (tertiary alicyclic amines) is 1. The minimum absolute atomic E-state index is 0.0375. The molecular formula is C31H38F3N7O10. The topological polar surface area (TPSA) is 202 Å². The summed E-state index contributed by atoms with van der Waals surface area (Å²) in [6.07, 6.45) is -5.95. The van der Waals surface area contributed by atoms with Gasteiger partial charge in [0, 0.05) is 38.7 Å². The van der Waals surface area contributed by atoms with Crippen LogP contribution in [0.4, 0.5) is 18.0 Å². The Morgan fingerprint density at radius 2 is 1.73 bits per heavy atom. The van der Waals surface area contributed by atoms with Crippen LogP contribution in [-0.2, 0) is 28.8 Å². The minimum Gasteiger partial charge on any atom is -0.481 e. The maximum atomic E-state index is 13.5. The SMILES string of the molecule is CCOC(=O)ON1CCN(C(=O)[C@H](CCC(=O)O)NC(=O)c2cc(OCC(=O)N3CCC(C(=O)NCC(F)(F)F)C3)n(-c3ccccc3)n2)CC1. The van der Waals surface area contributed by atoms with Crippen LogP contribution in [-0.4, -0.2) is 137 Å². The van der Waals surface area contributed by atoms with Gasteiger partial charge in [-0.2, -0.15) is 18.3 Å². The lowest BCUT2D eigenvalue weighted by Crippen LogP contribution is -2.55. The number of carboxylic acid groups (broad SMARTS) is 1. The molecule has 0 aliphatic carbocycles. The van der Waals surface area contributed by atoms with Gasteiger partial charge in [-0.1, -0.05) is 18.2 Å². The van der Waals surface area contributed by atoms with Crippen molar-refractivity contribution >= 4 is 35.8 Å². The summed E-state index contributed by atoms with van der Waals surface area (Å²) in [4.78, 5) is 82.8. The molecule has 0 saturated carbocycles. The molecule has 3 heterocycles. The first-order valence-corrected chi connectivity index (χ1v) is 16.1. The lowest BCUT2D eigenvalue weighted by atomic mass is 10.1. The molecule has 2 aromatic rings. The molecule has 1 aromatic carbocycles. The van der Waals surface area contributed by atoms with Crippen molar-refractivity contribution in [3.63, 3.8) is 0 Å². The third-order valence-electron chi connectivity index (χ3n) is 7.89. The summed E-state index contributed by atoms with van der Waals surface area (Å²) in [5.41, 5.74) is 0.229. The number of hydroxylamine groups is 2. The van der Waals surface area contributed by atoms with Crippen LogP contribution in [0.25, 0.3) is 5.69 Å². The predicted octanol–water partition coefficient (Wildman–Crippen LogP) is 0.974. The summed E-state index contributed by atoms with van der Waals surface area (Å²) in [6, 6.07) is 8.40. The Morgan fingerprint density at radius 1 is 1.02 bits per heavy atom. The fourth-order valence-electron chi connectivity index (χ4n) is 5.32. The van der Waals surface area contributed by atoms with Crippen molar-refractivity contribution in [3.05, 3.63) is 42.1 Å². The van der Waals surface area contributed by atoms with Gasteiger partial charge in [0.05, 0.1) is 31.3 Å². The fourth-order valence-corrected chi connectivity index (χ4v) is 5.32. The number of hydrogen-bond acceptors (Lipinski definition) is 11. The molecule has 2 fully saturated rings. The van der Waals surface area contributed by atoms with Crippen LogP contribution in [0.5, 0.6) is 5.88 Å². The van der Waals surface area contributed by atoms with Crippen LogP contribution in [0.1, 0.15) is 36.7 Å². The van der Waals surface area contributed by atoms with Crippen molar-refractivity contribution in [2.45, 2.75) is 38.4 Å². The van der Waals surface area contributed by atoms with Crippen molar-refractivity contribution in [2.24, 2.45) is 5.92 Å². The van der Waals surface area contributed by atoms with Crippen LogP contribution in [0.15, 0.2) is 36.4 Å². The molecule has 17 nitrogen and oxygen atoms in total. The number of hydrogen-bond donors (Lipinski definition) is 3. The van der Waals surface area contributed by atoms with E-state index in [2.05, 4.69) is 10.4 Å². The molecule has 278 valence electrons. The Balaban J connectivity index is 1.42. The minimum atomic E-state index is -4.57. The van der Waals surface area contributed by atoms with Gasteiger partial charge in [0.2, 0.25) is 17.7 Å². The van der Waals surface area contributed by atoms with Gasteiger partial charge in [-0.05, 0) is 31.9 Å². The van der Waals surface area contributed by atoms with Gasteiger partial charge in [-0.25, -0.2) is 9.48 Å². The van der Waals surface area contributed by atoms with Crippen LogP contribution < -0.4 is 15.4 Å². The summed E-state index contributed by atoms with van der Waals surface area (Å²) in [6.45, 7) is 0.259. The van der Waals surface area contributed by atoms with Gasteiger partial charge in [-0.15, -0.1) is 5.06 Å². The zero-order chi connectivity index (χ0) is 37.1. The Bertz CT molecular complexity index is 1560. The highest BCUT2D eigenvalue weighted by Gasteiger charge is 2.35. The van der Waals surface area contributed by atoms with E-state index in [0.717, 1.165) is 0 Å². The average Bonchev–Trinajstić information content (AvgIpc) is 3.77. The molecule has 4 rings (SSSR count). The second kappa shape index (κ2) is 17.5. The molecule has 20 heteroatoms. The maximum absolute atomic E-state index is 13.5. The van der Waals surface area contributed by atoms with E-state index in [-0.39, 0.29) is 70.3 Å². The molecule has 0 bridgehead atoms. The second-order valence-electron chi connectivity index (χ2n) is 11.5. The first kappa shape index (κ1) is 38.4. The molecule has 3 N–H and O–H groups in total. The number of benzene rings is 1. The second-order valence-corrected chi connectivity index (χ2v) is 11.5. The molecule has 2 aliphatic heterocycles. The van der Waals surface area contributed by atoms with Crippen molar-refractivity contribution in [3.8, 4) is 11.6 Å². The summed E-state index contributed by atoms with van der Waals surface area (Å²) < 4.78 is 49.2. The predicted molar refractivity (Wildman–Crippen MR) is 167 cm³/mol. The van der Waals surface area contributed by atoms with E-state index in [1.54, 1.807) is 37.3 Å². The number of carbonyl (C=O) groups is 6. The Hall–Kier alpha value is -5.40. The molecule has 2 aliphatic rings. The third-order valence-corrected chi connectivity index (χ3v) is 7.89. The van der Waals surface area contributed by atoms with Gasteiger partial charge < -0.3 is 39.9 Å². The molecular weight excluding hydrogens is 687 g/mol. The number of rotatable bonds is 14. The van der Waals surface area contributed by atoms with Gasteiger partial charge in [-0.3, -0.25) is 24.0 Å². The third kappa shape index (κ3) is 11.3. The number of carbonyl (C=O) groups excluding carboxylic acids is 5. The number of alkyl halides is 3. The lowest BCUT2D eigenvalue weighted by molar-refractivity contribution is -0.157. The molecule has 0 radical (unpaired) electrons. The number of ether oxygens (including phenoxy) is 2. The molecule has 2 saturated heterocycles. The molecule has 1 unspecified atom stereocenters. The first-order chi connectivity index (χ1) is 24.2. The van der Waals surface area contributed by atoms with E-state index in [9.17, 15) is 47.0 Å². The maximum Gasteiger partial charge on any atom is 0.527 e. The first-order valence-electron chi connectivity index (χ1n) is 16.1. The zero-order valence-electron chi connectivity index (χ0n) is 27.6. The van der Waals surface area contributed by atoms with E-state index in [1.165, 1.54) is 25.6 Å². The van der Waals surface area contributed by atoms with Crippen molar-refractivity contribution < 1.29 is 61.4 Å². The number of carboxylic acids is 1. The molecule has 4 amide bonds. The largest absolute Gasteiger partial charge is 0.527 e. The summed E-state index contributed by atoms with van der Waals surface area (Å²) in [5, 5.41) is 19.3. The van der Waals surface area contributed by atoms with E-state index >= 15 is 0 Å². The van der Waals surface area contributed by atoms with Crippen LogP contribution in [0.2, 0.25) is 0 Å². The Kier molecular flexibility index (Phi) is 13.2. The number of aliphatic carboxylic acids is 1. The van der Waals surface area contributed by atoms with E-state index in [4.69, 9.17) is 14.3 Å². The van der Waals surface area contributed by atoms with Crippen molar-refractivity contribution in [2.75, 3.05) is 59.0 Å². The zero-order valence-corrected chi connectivity index (χ0v) is 27.6. The van der Waals surface area contributed by atoms with E-state index in [0.29, 0.717) is 5.69 Å². The number of nitrogens with one attached hydrogen (secondary N) is 2. The monoisotopic (exact) mass is 725 g/mol. The number of piperazine rings is 1. The van der Waals surface area contributed by atoms with Crippen molar-refractivity contribution in [1.29, 1.82) is 0 Å². The van der Waals surface area contributed by atoms with Gasteiger partial charge in [0.25, 0.3) is 11.8 Å². The fraction of sp³-hybridized carbons (Fsp3) is 0.516. The highest BCUT2D eigenvalue weighted by atomic mass is 19.4. The highest BCUT2D eigenvalue weighted by Crippen LogP contribution is 2.22. The smallest absolute Gasteiger partial charge is 0.481 e. The lowest BCUT2D eigenvalue weighted by Gasteiger charge is -2.35. The van der Waals surface area contributed by atoms with Gasteiger partial charge in [0.15, 0.2) is 12.3 Å². The van der Waals surface area contributed by atoms with E-state index in [1.807, 2.05) is 5.32 Å². The number of nitrogens with zero attached hydrogens (tertiary/aromatic N) is 5. The number of para-hydroxylation sites is 1. The summed E-state index contributed by atoms with van der Waals surface area (Å²) in [5.74, 6) is -4.80. The summed E-state index contributed by atoms with van der Waals surface area (Å²) in [7, 11) is 0. The van der Waals surface area contributed by atoms with Crippen LogP contribution in [0, 0.1) is 5.92 Å². The standard InChI is InChI=1S/C31H38F3N7O10/c1-2-49-30(48)51-40-14-12-38(13-15-40)29(47)22(8-9-26(43)44)36-28(46)23-16-25(41(37-23)21-6-4-3-5-7-21)50-18-24(42)39-11-10-20(17-39)27(45)35-19-31(32,33)34/h3-7,16,20,22H,2,8-15,17-19H2,1H3,(H,35,45)(H,36,46)(H,43,44)/t20?,22-/m0/s1. The number of aromatic nitrogens is 2. The van der Waals surface area contributed by atoms with Gasteiger partial charge >= 0.3 is 18.3 Å². The quantitative estimate of drug-likeness (QED) is 0.234. The molecule has 51 heavy (non-hydrogen) atoms. The average molecular weight is 726 g/mol. The Labute approximate surface area is 289 Å². The highest BCUT2D eigenvalue weighted by molar-refractivity contribution is 5.96. The molecule has 1 aromatic heterocycles. The Morgan fingerprint density at radius 3 is 2.37 bits per heavy atom. The number of halogens is 3. The van der Waals surface area contributed by atoms with E-state index < -0.39 is 73.5 Å². The molecule has 0 spiro atoms. The summed E-state index contributed by atoms with van der Waals surface area (Å²) >= 11 is 0.